The molecule has 1 aromatic rings. The number of furan rings is 1. The average Bonchev–Trinajstić information content (AvgIpc) is 2.51. The monoisotopic (exact) mass is 211 g/mol. The van der Waals surface area contributed by atoms with Crippen LogP contribution in [0.3, 0.4) is 0 Å². The second-order valence-corrected chi connectivity index (χ2v) is 3.83. The molecule has 0 aliphatic heterocycles. The highest BCUT2D eigenvalue weighted by atomic mass is 16.5. The summed E-state index contributed by atoms with van der Waals surface area (Å²) < 4.78 is 11.0. The molecule has 0 fully saturated rings. The van der Waals surface area contributed by atoms with Crippen LogP contribution in [0.2, 0.25) is 0 Å². The number of aryl methyl sites for hydroxylation is 2. The molecule has 0 aromatic carbocycles. The third-order valence-corrected chi connectivity index (χ3v) is 2.35. The number of hydrogen-bond acceptors (Lipinski definition) is 3. The molecule has 0 radical (unpaired) electrons. The van der Waals surface area contributed by atoms with Crippen LogP contribution in [0.4, 0.5) is 0 Å². The molecule has 0 aliphatic carbocycles. The van der Waals surface area contributed by atoms with Gasteiger partial charge in [-0.15, -0.1) is 0 Å². The van der Waals surface area contributed by atoms with Gasteiger partial charge < -0.3 is 14.9 Å². The fraction of sp³-hybridized carbons (Fsp3) is 0.667. The maximum Gasteiger partial charge on any atom is 0.160 e. The molecule has 15 heavy (non-hydrogen) atoms. The van der Waals surface area contributed by atoms with Gasteiger partial charge in [-0.25, -0.2) is 0 Å². The van der Waals surface area contributed by atoms with Crippen molar-refractivity contribution in [3.63, 3.8) is 0 Å². The molecule has 86 valence electrons. The van der Waals surface area contributed by atoms with Crippen molar-refractivity contribution in [2.24, 2.45) is 5.73 Å². The van der Waals surface area contributed by atoms with Crippen molar-refractivity contribution in [2.75, 3.05) is 13.2 Å². The van der Waals surface area contributed by atoms with Gasteiger partial charge in [0.05, 0.1) is 6.61 Å². The molecule has 0 amide bonds. The van der Waals surface area contributed by atoms with E-state index in [0.717, 1.165) is 43.3 Å². The highest BCUT2D eigenvalue weighted by Gasteiger charge is 2.04. The summed E-state index contributed by atoms with van der Waals surface area (Å²) in [6, 6.07) is 1.94. The zero-order chi connectivity index (χ0) is 11.1. The van der Waals surface area contributed by atoms with E-state index in [2.05, 4.69) is 0 Å². The Labute approximate surface area is 91.6 Å². The van der Waals surface area contributed by atoms with Gasteiger partial charge in [0.1, 0.15) is 11.5 Å². The van der Waals surface area contributed by atoms with Gasteiger partial charge in [-0.2, -0.15) is 0 Å². The first-order valence-corrected chi connectivity index (χ1v) is 5.64. The van der Waals surface area contributed by atoms with E-state index < -0.39 is 0 Å². The van der Waals surface area contributed by atoms with Gasteiger partial charge in [-0.05, 0) is 33.2 Å². The lowest BCUT2D eigenvalue weighted by molar-refractivity contribution is 0.297. The van der Waals surface area contributed by atoms with E-state index in [1.165, 1.54) is 12.8 Å². The first-order valence-electron chi connectivity index (χ1n) is 5.64. The summed E-state index contributed by atoms with van der Waals surface area (Å²) in [7, 11) is 0. The first-order chi connectivity index (χ1) is 7.24. The van der Waals surface area contributed by atoms with Crippen LogP contribution in [0.15, 0.2) is 10.5 Å². The summed E-state index contributed by atoms with van der Waals surface area (Å²) in [5.74, 6) is 2.66. The molecular weight excluding hydrogens is 190 g/mol. The molecular formula is C12H21NO2. The average molecular weight is 211 g/mol. The van der Waals surface area contributed by atoms with Gasteiger partial charge in [0.15, 0.2) is 5.75 Å². The topological polar surface area (TPSA) is 48.4 Å². The lowest BCUT2D eigenvalue weighted by atomic mass is 10.2. The fourth-order valence-corrected chi connectivity index (χ4v) is 1.53. The Kier molecular flexibility index (Phi) is 5.26. The van der Waals surface area contributed by atoms with Crippen molar-refractivity contribution < 1.29 is 9.15 Å². The Hall–Kier alpha value is -0.960. The molecule has 0 aliphatic rings. The van der Waals surface area contributed by atoms with Crippen molar-refractivity contribution in [3.05, 3.63) is 17.6 Å². The molecule has 0 saturated carbocycles. The Morgan fingerprint density at radius 1 is 1.20 bits per heavy atom. The van der Waals surface area contributed by atoms with Crippen molar-refractivity contribution in [1.82, 2.24) is 0 Å². The highest BCUT2D eigenvalue weighted by Crippen LogP contribution is 2.22. The van der Waals surface area contributed by atoms with E-state index in [9.17, 15) is 0 Å². The number of nitrogens with two attached hydrogens (primary N) is 1. The zero-order valence-electron chi connectivity index (χ0n) is 9.71. The van der Waals surface area contributed by atoms with Gasteiger partial charge in [-0.1, -0.05) is 12.8 Å². The second kappa shape index (κ2) is 6.51. The SMILES string of the molecule is Cc1cc(OCCCCCCN)c(C)o1. The lowest BCUT2D eigenvalue weighted by Gasteiger charge is -2.03. The summed E-state index contributed by atoms with van der Waals surface area (Å²) in [6.45, 7) is 5.42. The highest BCUT2D eigenvalue weighted by molar-refractivity contribution is 5.26. The van der Waals surface area contributed by atoms with Gasteiger partial charge >= 0.3 is 0 Å². The normalized spacial score (nSPS) is 10.6. The van der Waals surface area contributed by atoms with E-state index in [0.29, 0.717) is 0 Å². The number of hydrogen-bond donors (Lipinski definition) is 1. The van der Waals surface area contributed by atoms with Crippen LogP contribution in [0.1, 0.15) is 37.2 Å². The predicted molar refractivity (Wildman–Crippen MR) is 61.2 cm³/mol. The summed E-state index contributed by atoms with van der Waals surface area (Å²) >= 11 is 0. The molecule has 0 unspecified atom stereocenters. The largest absolute Gasteiger partial charge is 0.490 e. The summed E-state index contributed by atoms with van der Waals surface area (Å²) in [6.07, 6.45) is 4.59. The molecule has 3 heteroatoms. The van der Waals surface area contributed by atoms with Crippen molar-refractivity contribution in [1.29, 1.82) is 0 Å². The maximum atomic E-state index is 5.61. The van der Waals surface area contributed by atoms with Crippen LogP contribution in [-0.4, -0.2) is 13.2 Å². The molecule has 0 bridgehead atoms. The smallest absolute Gasteiger partial charge is 0.160 e. The number of rotatable bonds is 7. The molecule has 1 aromatic heterocycles. The Morgan fingerprint density at radius 3 is 2.53 bits per heavy atom. The third kappa shape index (κ3) is 4.38. The number of ether oxygens (including phenoxy) is 1. The van der Waals surface area contributed by atoms with E-state index in [1.807, 2.05) is 19.9 Å². The molecule has 0 atom stereocenters. The minimum Gasteiger partial charge on any atom is -0.490 e. The third-order valence-electron chi connectivity index (χ3n) is 2.35. The fourth-order valence-electron chi connectivity index (χ4n) is 1.53. The van der Waals surface area contributed by atoms with E-state index in [-0.39, 0.29) is 0 Å². The quantitative estimate of drug-likeness (QED) is 0.705. The van der Waals surface area contributed by atoms with Crippen LogP contribution in [0, 0.1) is 13.8 Å². The summed E-state index contributed by atoms with van der Waals surface area (Å²) in [5.41, 5.74) is 5.41. The minimum atomic E-state index is 0.768. The minimum absolute atomic E-state index is 0.768. The first kappa shape index (κ1) is 12.1. The Morgan fingerprint density at radius 2 is 1.93 bits per heavy atom. The van der Waals surface area contributed by atoms with E-state index in [4.69, 9.17) is 14.9 Å². The maximum absolute atomic E-state index is 5.61. The van der Waals surface area contributed by atoms with Crippen LogP contribution in [0.25, 0.3) is 0 Å². The van der Waals surface area contributed by atoms with Crippen LogP contribution in [0.5, 0.6) is 5.75 Å². The second-order valence-electron chi connectivity index (χ2n) is 3.83. The van der Waals surface area contributed by atoms with E-state index >= 15 is 0 Å². The Bertz CT molecular complexity index is 281. The molecule has 2 N–H and O–H groups in total. The molecule has 0 saturated heterocycles. The summed E-state index contributed by atoms with van der Waals surface area (Å²) in [5, 5.41) is 0. The molecule has 1 heterocycles. The van der Waals surface area contributed by atoms with Gasteiger partial charge in [0.25, 0.3) is 0 Å². The Balaban J connectivity index is 2.12. The van der Waals surface area contributed by atoms with Crippen LogP contribution in [-0.2, 0) is 0 Å². The zero-order valence-corrected chi connectivity index (χ0v) is 9.71. The van der Waals surface area contributed by atoms with Gasteiger partial charge in [0.2, 0.25) is 0 Å². The lowest BCUT2D eigenvalue weighted by Crippen LogP contribution is -2.00. The molecule has 3 nitrogen and oxygen atoms in total. The van der Waals surface area contributed by atoms with Gasteiger partial charge in [-0.3, -0.25) is 0 Å². The van der Waals surface area contributed by atoms with Crippen molar-refractivity contribution in [2.45, 2.75) is 39.5 Å². The molecule has 1 rings (SSSR count). The van der Waals surface area contributed by atoms with E-state index in [1.54, 1.807) is 0 Å². The predicted octanol–water partition coefficient (Wildman–Crippen LogP) is 2.79. The molecule has 0 spiro atoms. The van der Waals surface area contributed by atoms with Gasteiger partial charge in [0, 0.05) is 6.07 Å². The van der Waals surface area contributed by atoms with Crippen LogP contribution < -0.4 is 10.5 Å². The standard InChI is InChI=1S/C12H21NO2/c1-10-9-12(11(2)15-10)14-8-6-4-3-5-7-13/h9H,3-8,13H2,1-2H3. The number of unbranched alkanes of at least 4 members (excludes halogenated alkanes) is 3. The van der Waals surface area contributed by atoms with Crippen molar-refractivity contribution in [3.8, 4) is 5.75 Å². The van der Waals surface area contributed by atoms with Crippen LogP contribution >= 0.6 is 0 Å². The van der Waals surface area contributed by atoms with Crippen molar-refractivity contribution >= 4 is 0 Å². The summed E-state index contributed by atoms with van der Waals surface area (Å²) in [4.78, 5) is 0.